The average Bonchev–Trinajstić information content (AvgIpc) is 2.43. The van der Waals surface area contributed by atoms with Crippen molar-refractivity contribution < 1.29 is 0 Å². The molecule has 0 aromatic carbocycles. The highest BCUT2D eigenvalue weighted by Gasteiger charge is 1.89. The van der Waals surface area contributed by atoms with E-state index < -0.39 is 0 Å². The minimum Gasteiger partial charge on any atom is -0.0882 e. The first-order chi connectivity index (χ1) is 9.41. The molecule has 0 aromatic rings. The molecule has 111 valence electrons. The van der Waals surface area contributed by atoms with E-state index in [9.17, 15) is 0 Å². The standard InChI is InChI=1S/C19H35/c1-3-5-7-9-11-13-15-17-19-18-16-14-12-10-8-6-4-2/h12,14,18-19H,1,3-11,13,15-17H2,2H3/b14-12+,19-18+. The normalized spacial score (nSPS) is 11.9. The molecule has 0 fully saturated rings. The van der Waals surface area contributed by atoms with Crippen molar-refractivity contribution in [2.24, 2.45) is 0 Å². The van der Waals surface area contributed by atoms with Gasteiger partial charge in [-0.1, -0.05) is 89.5 Å². The van der Waals surface area contributed by atoms with E-state index in [2.05, 4.69) is 38.2 Å². The van der Waals surface area contributed by atoms with Gasteiger partial charge in [0.1, 0.15) is 0 Å². The Kier molecular flexibility index (Phi) is 17.0. The zero-order valence-electron chi connectivity index (χ0n) is 13.2. The molecule has 0 heteroatoms. The molecule has 0 unspecified atom stereocenters. The summed E-state index contributed by atoms with van der Waals surface area (Å²) in [5, 5.41) is 0. The van der Waals surface area contributed by atoms with Gasteiger partial charge in [-0.3, -0.25) is 0 Å². The van der Waals surface area contributed by atoms with Crippen LogP contribution >= 0.6 is 0 Å². The van der Waals surface area contributed by atoms with Crippen LogP contribution in [0.1, 0.15) is 90.4 Å². The fourth-order valence-corrected chi connectivity index (χ4v) is 2.16. The van der Waals surface area contributed by atoms with Gasteiger partial charge in [0.15, 0.2) is 0 Å². The summed E-state index contributed by atoms with van der Waals surface area (Å²) < 4.78 is 0. The topological polar surface area (TPSA) is 0 Å². The first-order valence-corrected chi connectivity index (χ1v) is 8.51. The molecular formula is C19H35. The van der Waals surface area contributed by atoms with Crippen LogP contribution in [0.25, 0.3) is 0 Å². The molecule has 0 spiro atoms. The molecule has 0 saturated heterocycles. The van der Waals surface area contributed by atoms with Crippen molar-refractivity contribution in [2.75, 3.05) is 0 Å². The Bertz CT molecular complexity index is 200. The Morgan fingerprint density at radius 3 is 1.74 bits per heavy atom. The summed E-state index contributed by atoms with van der Waals surface area (Å²) in [7, 11) is 0. The number of hydrogen-bond donors (Lipinski definition) is 0. The van der Waals surface area contributed by atoms with Gasteiger partial charge in [-0.15, -0.1) is 0 Å². The lowest BCUT2D eigenvalue weighted by Crippen LogP contribution is -1.78. The minimum atomic E-state index is 1.11. The maximum absolute atomic E-state index is 3.87. The first-order valence-electron chi connectivity index (χ1n) is 8.51. The Labute approximate surface area is 122 Å². The van der Waals surface area contributed by atoms with Crippen LogP contribution in [0.2, 0.25) is 0 Å². The molecule has 0 aliphatic carbocycles. The highest BCUT2D eigenvalue weighted by molar-refractivity contribution is 4.92. The summed E-state index contributed by atoms with van der Waals surface area (Å²) in [5.74, 6) is 0. The van der Waals surface area contributed by atoms with Gasteiger partial charge in [0.2, 0.25) is 0 Å². The Balaban J connectivity index is 3.12. The van der Waals surface area contributed by atoms with Crippen LogP contribution in [-0.2, 0) is 0 Å². The summed E-state index contributed by atoms with van der Waals surface area (Å²) in [5.41, 5.74) is 0. The van der Waals surface area contributed by atoms with Crippen LogP contribution in [0.3, 0.4) is 0 Å². The smallest absolute Gasteiger partial charge is 0.0169 e. The van der Waals surface area contributed by atoms with E-state index in [-0.39, 0.29) is 0 Å². The molecule has 0 bridgehead atoms. The summed E-state index contributed by atoms with van der Waals surface area (Å²) in [6.45, 7) is 6.13. The van der Waals surface area contributed by atoms with Gasteiger partial charge in [0, 0.05) is 0 Å². The Morgan fingerprint density at radius 2 is 1.16 bits per heavy atom. The maximum atomic E-state index is 3.87. The lowest BCUT2D eigenvalue weighted by molar-refractivity contribution is 0.599. The number of hydrogen-bond acceptors (Lipinski definition) is 0. The van der Waals surface area contributed by atoms with Gasteiger partial charge in [-0.05, 0) is 32.1 Å². The maximum Gasteiger partial charge on any atom is -0.0169 e. The summed E-state index contributed by atoms with van der Waals surface area (Å²) in [6.07, 6.45) is 26.4. The third kappa shape index (κ3) is 17.5. The predicted molar refractivity (Wildman–Crippen MR) is 89.3 cm³/mol. The van der Waals surface area contributed by atoms with E-state index in [0.717, 1.165) is 12.8 Å². The second-order valence-corrected chi connectivity index (χ2v) is 5.44. The van der Waals surface area contributed by atoms with Gasteiger partial charge >= 0.3 is 0 Å². The van der Waals surface area contributed by atoms with Crippen molar-refractivity contribution in [2.45, 2.75) is 90.4 Å². The van der Waals surface area contributed by atoms with E-state index in [1.807, 2.05) is 0 Å². The van der Waals surface area contributed by atoms with Gasteiger partial charge in [-0.2, -0.15) is 0 Å². The molecule has 0 aliphatic heterocycles. The lowest BCUT2D eigenvalue weighted by Gasteiger charge is -1.98. The number of allylic oxidation sites excluding steroid dienone is 4. The van der Waals surface area contributed by atoms with Crippen molar-refractivity contribution in [1.29, 1.82) is 0 Å². The van der Waals surface area contributed by atoms with Crippen molar-refractivity contribution >= 4 is 0 Å². The second-order valence-electron chi connectivity index (χ2n) is 5.44. The molecule has 0 aliphatic rings. The average molecular weight is 263 g/mol. The highest BCUT2D eigenvalue weighted by atomic mass is 14.0. The quantitative estimate of drug-likeness (QED) is 0.233. The van der Waals surface area contributed by atoms with E-state index in [1.54, 1.807) is 0 Å². The molecule has 0 amide bonds. The summed E-state index contributed by atoms with van der Waals surface area (Å²) in [6, 6.07) is 0. The van der Waals surface area contributed by atoms with E-state index in [1.165, 1.54) is 70.6 Å². The van der Waals surface area contributed by atoms with Gasteiger partial charge in [0.25, 0.3) is 0 Å². The summed E-state index contributed by atoms with van der Waals surface area (Å²) in [4.78, 5) is 0. The third-order valence-corrected chi connectivity index (χ3v) is 3.45. The minimum absolute atomic E-state index is 1.11. The van der Waals surface area contributed by atoms with Gasteiger partial charge in [0.05, 0.1) is 0 Å². The highest BCUT2D eigenvalue weighted by Crippen LogP contribution is 2.08. The number of rotatable bonds is 14. The third-order valence-electron chi connectivity index (χ3n) is 3.45. The van der Waals surface area contributed by atoms with Crippen molar-refractivity contribution in [1.82, 2.24) is 0 Å². The molecule has 19 heavy (non-hydrogen) atoms. The van der Waals surface area contributed by atoms with Crippen LogP contribution in [0.15, 0.2) is 24.3 Å². The Hall–Kier alpha value is -0.520. The molecule has 0 nitrogen and oxygen atoms in total. The SMILES string of the molecule is [CH2]CCCCCCCC/C=C/C/C=C/CCCCC. The molecule has 0 aromatic heterocycles. The van der Waals surface area contributed by atoms with Crippen molar-refractivity contribution in [3.05, 3.63) is 31.2 Å². The van der Waals surface area contributed by atoms with Gasteiger partial charge < -0.3 is 0 Å². The first kappa shape index (κ1) is 18.5. The zero-order valence-corrected chi connectivity index (χ0v) is 13.2. The van der Waals surface area contributed by atoms with Crippen molar-refractivity contribution in [3.8, 4) is 0 Å². The van der Waals surface area contributed by atoms with Crippen LogP contribution in [0.4, 0.5) is 0 Å². The summed E-state index contributed by atoms with van der Waals surface area (Å²) >= 11 is 0. The molecular weight excluding hydrogens is 228 g/mol. The predicted octanol–water partition coefficient (Wildman–Crippen LogP) is 7.02. The molecule has 0 saturated carbocycles. The Morgan fingerprint density at radius 1 is 0.632 bits per heavy atom. The zero-order chi connectivity index (χ0) is 14.0. The second kappa shape index (κ2) is 17.5. The fourth-order valence-electron chi connectivity index (χ4n) is 2.16. The van der Waals surface area contributed by atoms with E-state index in [4.69, 9.17) is 0 Å². The van der Waals surface area contributed by atoms with E-state index >= 15 is 0 Å². The van der Waals surface area contributed by atoms with Crippen LogP contribution in [0.5, 0.6) is 0 Å². The van der Waals surface area contributed by atoms with Gasteiger partial charge in [-0.25, -0.2) is 0 Å². The van der Waals surface area contributed by atoms with Crippen LogP contribution < -0.4 is 0 Å². The van der Waals surface area contributed by atoms with Crippen molar-refractivity contribution in [3.63, 3.8) is 0 Å². The molecule has 1 radical (unpaired) electrons. The molecule has 0 N–H and O–H groups in total. The fraction of sp³-hybridized carbons (Fsp3) is 0.737. The monoisotopic (exact) mass is 263 g/mol. The molecule has 0 atom stereocenters. The molecule has 0 heterocycles. The van der Waals surface area contributed by atoms with Crippen LogP contribution in [-0.4, -0.2) is 0 Å². The lowest BCUT2D eigenvalue weighted by atomic mass is 10.1. The largest absolute Gasteiger partial charge is 0.0882 e. The van der Waals surface area contributed by atoms with Crippen LogP contribution in [0, 0.1) is 6.92 Å². The molecule has 0 rings (SSSR count). The number of unbranched alkanes of at least 4 members (excludes halogenated alkanes) is 10. The van der Waals surface area contributed by atoms with E-state index in [0.29, 0.717) is 0 Å².